The maximum Gasteiger partial charge on any atom is 0.119 e. The fourth-order valence-corrected chi connectivity index (χ4v) is 5.35. The van der Waals surface area contributed by atoms with Crippen LogP contribution in [-0.4, -0.2) is 58.2 Å². The van der Waals surface area contributed by atoms with Gasteiger partial charge in [-0.1, -0.05) is 29.9 Å². The number of thiocarbonyl (C=S) groups is 1. The number of benzene rings is 1. The average molecular weight is 498 g/mol. The van der Waals surface area contributed by atoms with Crippen LogP contribution in [0.4, 0.5) is 0 Å². The number of piperidine rings is 1. The van der Waals surface area contributed by atoms with E-state index < -0.39 is 0 Å². The summed E-state index contributed by atoms with van der Waals surface area (Å²) in [5.41, 5.74) is 3.06. The second-order valence-electron chi connectivity index (χ2n) is 9.24. The Morgan fingerprint density at radius 2 is 2.06 bits per heavy atom. The van der Waals surface area contributed by atoms with E-state index in [1.54, 1.807) is 19.5 Å². The number of pyridine rings is 2. The third kappa shape index (κ3) is 5.92. The lowest BCUT2D eigenvalue weighted by Crippen LogP contribution is -2.42. The van der Waals surface area contributed by atoms with Crippen LogP contribution in [0.5, 0.6) is 5.75 Å². The van der Waals surface area contributed by atoms with Crippen LogP contribution in [0.25, 0.3) is 10.9 Å². The number of halogens is 1. The van der Waals surface area contributed by atoms with E-state index in [0.29, 0.717) is 5.02 Å². The third-order valence-electron chi connectivity index (χ3n) is 7.16. The summed E-state index contributed by atoms with van der Waals surface area (Å²) >= 11 is 12.1. The molecule has 0 radical (unpaired) electrons. The van der Waals surface area contributed by atoms with Gasteiger partial charge in [0.2, 0.25) is 0 Å². The van der Waals surface area contributed by atoms with Gasteiger partial charge in [0.15, 0.2) is 0 Å². The summed E-state index contributed by atoms with van der Waals surface area (Å²) in [6, 6.07) is 9.86. The van der Waals surface area contributed by atoms with Crippen LogP contribution in [0.15, 0.2) is 48.9 Å². The number of aliphatic hydroxyl groups excluding tert-OH is 1. The average Bonchev–Trinajstić information content (AvgIpc) is 2.89. The van der Waals surface area contributed by atoms with Crippen LogP contribution in [0.3, 0.4) is 0 Å². The molecule has 1 fully saturated rings. The van der Waals surface area contributed by atoms with E-state index in [0.717, 1.165) is 90.8 Å². The first-order valence-corrected chi connectivity index (χ1v) is 12.7. The van der Waals surface area contributed by atoms with Gasteiger partial charge < -0.3 is 14.7 Å². The number of hydrogen-bond acceptors (Lipinski definition) is 6. The van der Waals surface area contributed by atoms with Crippen molar-refractivity contribution in [2.75, 3.05) is 33.4 Å². The quantitative estimate of drug-likeness (QED) is 0.295. The van der Waals surface area contributed by atoms with Crippen molar-refractivity contribution >= 4 is 39.6 Å². The molecule has 0 atom stereocenters. The maximum atomic E-state index is 10.3. The van der Waals surface area contributed by atoms with E-state index in [4.69, 9.17) is 28.6 Å². The fourth-order valence-electron chi connectivity index (χ4n) is 4.89. The molecular weight excluding hydrogens is 466 g/mol. The standard InChI is InChI=1S/C27H32ClN3O2S/c1-33-21-6-7-25-23(16-21)22(24(28)18-30-25)5-2-9-27(19-32)10-14-31(15-11-27)13-8-26(34)20-4-3-12-29-17-20/h3-4,6-7,12,16-18,32H,2,5,8-11,13-15,19H2,1H3. The lowest BCUT2D eigenvalue weighted by atomic mass is 9.75. The van der Waals surface area contributed by atoms with Crippen molar-refractivity contribution in [1.82, 2.24) is 14.9 Å². The number of aryl methyl sites for hydroxylation is 1. The van der Waals surface area contributed by atoms with Crippen molar-refractivity contribution in [3.05, 3.63) is 65.1 Å². The first-order chi connectivity index (χ1) is 16.5. The van der Waals surface area contributed by atoms with E-state index in [-0.39, 0.29) is 12.0 Å². The van der Waals surface area contributed by atoms with Gasteiger partial charge in [0, 0.05) is 47.6 Å². The summed E-state index contributed by atoms with van der Waals surface area (Å²) < 4.78 is 5.40. The maximum absolute atomic E-state index is 10.3. The number of rotatable bonds is 10. The number of aromatic nitrogens is 2. The minimum atomic E-state index is -0.0205. The molecule has 0 aliphatic carbocycles. The molecule has 1 aliphatic rings. The molecule has 3 heterocycles. The Hall–Kier alpha value is -2.12. The Balaban J connectivity index is 1.31. The van der Waals surface area contributed by atoms with Crippen molar-refractivity contribution in [1.29, 1.82) is 0 Å². The minimum absolute atomic E-state index is 0.0205. The summed E-state index contributed by atoms with van der Waals surface area (Å²) in [7, 11) is 1.67. The zero-order valence-electron chi connectivity index (χ0n) is 19.7. The second kappa shape index (κ2) is 11.5. The molecule has 1 saturated heterocycles. The van der Waals surface area contributed by atoms with E-state index >= 15 is 0 Å². The van der Waals surface area contributed by atoms with E-state index in [1.165, 1.54) is 0 Å². The Morgan fingerprint density at radius 3 is 2.76 bits per heavy atom. The summed E-state index contributed by atoms with van der Waals surface area (Å²) in [4.78, 5) is 12.1. The predicted molar refractivity (Wildman–Crippen MR) is 142 cm³/mol. The van der Waals surface area contributed by atoms with Gasteiger partial charge in [-0.3, -0.25) is 9.97 Å². The van der Waals surface area contributed by atoms with Crippen LogP contribution in [0, 0.1) is 5.41 Å². The van der Waals surface area contributed by atoms with Crippen molar-refractivity contribution < 1.29 is 9.84 Å². The number of methoxy groups -OCH3 is 1. The van der Waals surface area contributed by atoms with Crippen LogP contribution >= 0.6 is 23.8 Å². The number of nitrogens with zero attached hydrogens (tertiary/aromatic N) is 3. The zero-order chi connectivity index (χ0) is 24.0. The normalized spacial score (nSPS) is 16.0. The monoisotopic (exact) mass is 497 g/mol. The summed E-state index contributed by atoms with van der Waals surface area (Å²) in [6.07, 6.45) is 11.0. The van der Waals surface area contributed by atoms with Gasteiger partial charge in [-0.2, -0.15) is 0 Å². The Morgan fingerprint density at radius 1 is 1.24 bits per heavy atom. The molecule has 0 bridgehead atoms. The van der Waals surface area contributed by atoms with Crippen LogP contribution in [-0.2, 0) is 6.42 Å². The first-order valence-electron chi connectivity index (χ1n) is 11.9. The highest BCUT2D eigenvalue weighted by Gasteiger charge is 2.33. The predicted octanol–water partition coefficient (Wildman–Crippen LogP) is 5.50. The van der Waals surface area contributed by atoms with Crippen molar-refractivity contribution in [2.45, 2.75) is 38.5 Å². The van der Waals surface area contributed by atoms with Crippen LogP contribution in [0.2, 0.25) is 5.02 Å². The molecule has 5 nitrogen and oxygen atoms in total. The molecule has 0 amide bonds. The third-order valence-corrected chi connectivity index (χ3v) is 7.92. The lowest BCUT2D eigenvalue weighted by Gasteiger charge is -2.41. The number of hydrogen-bond donors (Lipinski definition) is 1. The molecule has 1 N–H and O–H groups in total. The number of ether oxygens (including phenoxy) is 1. The second-order valence-corrected chi connectivity index (χ2v) is 10.1. The van der Waals surface area contributed by atoms with Gasteiger partial charge in [0.25, 0.3) is 0 Å². The summed E-state index contributed by atoms with van der Waals surface area (Å²) in [5, 5.41) is 12.0. The molecule has 4 rings (SSSR count). The van der Waals surface area contributed by atoms with Gasteiger partial charge in [-0.05, 0) is 86.9 Å². The van der Waals surface area contributed by atoms with Crippen molar-refractivity contribution in [2.24, 2.45) is 5.41 Å². The van der Waals surface area contributed by atoms with Crippen molar-refractivity contribution in [3.63, 3.8) is 0 Å². The number of likely N-dealkylation sites (tertiary alicyclic amines) is 1. The van der Waals surface area contributed by atoms with Crippen LogP contribution < -0.4 is 4.74 Å². The minimum Gasteiger partial charge on any atom is -0.497 e. The molecular formula is C27H32ClN3O2S. The Bertz CT molecular complexity index is 1120. The van der Waals surface area contributed by atoms with Gasteiger partial charge in [-0.25, -0.2) is 0 Å². The fraction of sp³-hybridized carbons (Fsp3) is 0.444. The zero-order valence-corrected chi connectivity index (χ0v) is 21.2. The molecule has 0 saturated carbocycles. The molecule has 0 spiro atoms. The Kier molecular flexibility index (Phi) is 8.48. The van der Waals surface area contributed by atoms with Crippen LogP contribution in [0.1, 0.15) is 43.2 Å². The molecule has 180 valence electrons. The number of fused-ring (bicyclic) bond motifs is 1. The van der Waals surface area contributed by atoms with Gasteiger partial charge in [-0.15, -0.1) is 0 Å². The first kappa shape index (κ1) is 25.0. The van der Waals surface area contributed by atoms with E-state index in [9.17, 15) is 5.11 Å². The lowest BCUT2D eigenvalue weighted by molar-refractivity contribution is 0.0366. The smallest absolute Gasteiger partial charge is 0.119 e. The molecule has 2 aromatic heterocycles. The SMILES string of the molecule is COc1ccc2ncc(Cl)c(CCCC3(CO)CCN(CCC(=S)c4cccnc4)CC3)c2c1. The molecule has 1 aromatic carbocycles. The highest BCUT2D eigenvalue weighted by molar-refractivity contribution is 7.80. The largest absolute Gasteiger partial charge is 0.497 e. The van der Waals surface area contributed by atoms with Gasteiger partial charge >= 0.3 is 0 Å². The van der Waals surface area contributed by atoms with Crippen molar-refractivity contribution in [3.8, 4) is 5.75 Å². The molecule has 1 aliphatic heterocycles. The topological polar surface area (TPSA) is 58.5 Å². The Labute approximate surface area is 212 Å². The summed E-state index contributed by atoms with van der Waals surface area (Å²) in [6.45, 7) is 3.17. The molecule has 34 heavy (non-hydrogen) atoms. The molecule has 0 unspecified atom stereocenters. The van der Waals surface area contributed by atoms with E-state index in [2.05, 4.69) is 14.9 Å². The highest BCUT2D eigenvalue weighted by Crippen LogP contribution is 2.37. The van der Waals surface area contributed by atoms with Gasteiger partial charge in [0.05, 0.1) is 17.6 Å². The van der Waals surface area contributed by atoms with E-state index in [1.807, 2.05) is 36.5 Å². The highest BCUT2D eigenvalue weighted by atomic mass is 35.5. The number of aliphatic hydroxyl groups is 1. The summed E-state index contributed by atoms with van der Waals surface area (Å²) in [5.74, 6) is 0.806. The van der Waals surface area contributed by atoms with Gasteiger partial charge in [0.1, 0.15) is 5.75 Å². The molecule has 7 heteroatoms. The molecule has 3 aromatic rings.